The third-order valence-electron chi connectivity index (χ3n) is 7.48. The molecular formula is C26H39N4O4+. The number of carbonyl (C=O) groups is 3. The molecule has 0 radical (unpaired) electrons. The van der Waals surface area contributed by atoms with Crippen molar-refractivity contribution in [2.45, 2.75) is 63.1 Å². The summed E-state index contributed by atoms with van der Waals surface area (Å²) < 4.78 is 0.963. The number of phenolic OH excluding ortho intramolecular Hbond substituents is 1. The summed E-state index contributed by atoms with van der Waals surface area (Å²) in [5.74, 6) is -0.529. The molecule has 3 amide bonds. The van der Waals surface area contributed by atoms with Gasteiger partial charge in [-0.3, -0.25) is 14.4 Å². The van der Waals surface area contributed by atoms with Crippen LogP contribution in [-0.2, 0) is 14.4 Å². The summed E-state index contributed by atoms with van der Waals surface area (Å²) in [5.41, 5.74) is 0.786. The Morgan fingerprint density at radius 3 is 2.44 bits per heavy atom. The van der Waals surface area contributed by atoms with E-state index in [1.807, 2.05) is 0 Å². The molecular weight excluding hydrogens is 432 g/mol. The van der Waals surface area contributed by atoms with E-state index in [2.05, 4.69) is 26.5 Å². The van der Waals surface area contributed by atoms with E-state index >= 15 is 0 Å². The van der Waals surface area contributed by atoms with E-state index in [0.29, 0.717) is 25.9 Å². The van der Waals surface area contributed by atoms with Crippen LogP contribution in [0.3, 0.4) is 0 Å². The molecule has 1 aromatic carbocycles. The van der Waals surface area contributed by atoms with Crippen molar-refractivity contribution in [1.82, 2.24) is 15.1 Å². The normalized spacial score (nSPS) is 26.6. The lowest BCUT2D eigenvalue weighted by molar-refractivity contribution is -0.870. The third kappa shape index (κ3) is 5.06. The van der Waals surface area contributed by atoms with Crippen molar-refractivity contribution in [3.8, 4) is 5.75 Å². The maximum Gasteiger partial charge on any atom is 0.246 e. The van der Waals surface area contributed by atoms with Crippen LogP contribution in [0.25, 0.3) is 0 Å². The first kappa shape index (κ1) is 24.5. The number of hydrogen-bond acceptors (Lipinski definition) is 4. The van der Waals surface area contributed by atoms with Gasteiger partial charge in [0.25, 0.3) is 0 Å². The Hall–Kier alpha value is -2.61. The standard InChI is InChI=1S/C26H38N4O4/c1-30(2,3)16-7-5-4-6-14-27-24(32)20-17-22-25(33)28-15-8-9-21(28)26(34)29(22)23(20)18-10-12-19(31)13-11-18/h10-13,20-23H,4-9,14-17H2,1-3H3,(H-,27,31,32)/p+1/t20-,21-,22-,23-/m0/s1. The Labute approximate surface area is 202 Å². The van der Waals surface area contributed by atoms with Crippen LogP contribution in [-0.4, -0.2) is 90.0 Å². The molecule has 8 heteroatoms. The second-order valence-corrected chi connectivity index (χ2v) is 11.0. The number of benzene rings is 1. The Kier molecular flexibility index (Phi) is 7.17. The summed E-state index contributed by atoms with van der Waals surface area (Å²) in [6.07, 6.45) is 6.15. The number of nitrogens with zero attached hydrogens (tertiary/aromatic N) is 3. The van der Waals surface area contributed by atoms with Crippen LogP contribution in [0, 0.1) is 5.92 Å². The Morgan fingerprint density at radius 2 is 1.74 bits per heavy atom. The molecule has 34 heavy (non-hydrogen) atoms. The zero-order chi connectivity index (χ0) is 24.5. The van der Waals surface area contributed by atoms with Gasteiger partial charge in [0.1, 0.15) is 17.8 Å². The Morgan fingerprint density at radius 1 is 1.03 bits per heavy atom. The van der Waals surface area contributed by atoms with Crippen molar-refractivity contribution in [3.63, 3.8) is 0 Å². The van der Waals surface area contributed by atoms with E-state index in [4.69, 9.17) is 0 Å². The van der Waals surface area contributed by atoms with E-state index in [1.165, 1.54) is 6.42 Å². The number of amides is 3. The van der Waals surface area contributed by atoms with E-state index < -0.39 is 24.0 Å². The van der Waals surface area contributed by atoms with Crippen molar-refractivity contribution in [3.05, 3.63) is 29.8 Å². The van der Waals surface area contributed by atoms with Crippen LogP contribution < -0.4 is 5.32 Å². The minimum atomic E-state index is -0.591. The number of phenols is 1. The largest absolute Gasteiger partial charge is 0.508 e. The molecule has 8 nitrogen and oxygen atoms in total. The topological polar surface area (TPSA) is 90.0 Å². The maximum atomic E-state index is 13.4. The summed E-state index contributed by atoms with van der Waals surface area (Å²) in [4.78, 5) is 43.3. The summed E-state index contributed by atoms with van der Waals surface area (Å²) in [6, 6.07) is 5.18. The lowest BCUT2D eigenvalue weighted by atomic mass is 9.92. The number of carbonyl (C=O) groups excluding carboxylic acids is 3. The minimum Gasteiger partial charge on any atom is -0.508 e. The van der Waals surface area contributed by atoms with Gasteiger partial charge in [-0.05, 0) is 56.2 Å². The van der Waals surface area contributed by atoms with Gasteiger partial charge in [0.05, 0.1) is 39.6 Å². The fraction of sp³-hybridized carbons (Fsp3) is 0.654. The monoisotopic (exact) mass is 471 g/mol. The van der Waals surface area contributed by atoms with Crippen molar-refractivity contribution in [2.24, 2.45) is 5.92 Å². The molecule has 3 heterocycles. The van der Waals surface area contributed by atoms with Crippen LogP contribution in [0.15, 0.2) is 24.3 Å². The number of quaternary nitrogens is 1. The molecule has 3 saturated heterocycles. The first-order valence-electron chi connectivity index (χ1n) is 12.7. The highest BCUT2D eigenvalue weighted by molar-refractivity contribution is 5.99. The first-order valence-corrected chi connectivity index (χ1v) is 12.7. The molecule has 4 atom stereocenters. The van der Waals surface area contributed by atoms with Gasteiger partial charge < -0.3 is 24.7 Å². The zero-order valence-corrected chi connectivity index (χ0v) is 20.7. The van der Waals surface area contributed by atoms with E-state index in [1.54, 1.807) is 34.1 Å². The molecule has 3 fully saturated rings. The SMILES string of the molecule is C[N+](C)(C)CCCCCCNC(=O)[C@H]1C[C@H]2C(=O)N3CCC[C@H]3C(=O)N2[C@H]1c1ccc(O)cc1. The highest BCUT2D eigenvalue weighted by Crippen LogP contribution is 2.46. The molecule has 0 bridgehead atoms. The number of fused-ring (bicyclic) bond motifs is 2. The van der Waals surface area contributed by atoms with Gasteiger partial charge in [-0.15, -0.1) is 0 Å². The minimum absolute atomic E-state index is 0.0292. The average Bonchev–Trinajstić information content (AvgIpc) is 3.43. The molecule has 0 saturated carbocycles. The lowest BCUT2D eigenvalue weighted by Gasteiger charge is -2.41. The van der Waals surface area contributed by atoms with E-state index in [0.717, 1.165) is 42.3 Å². The van der Waals surface area contributed by atoms with Crippen LogP contribution in [0.4, 0.5) is 0 Å². The molecule has 3 aliphatic heterocycles. The molecule has 0 unspecified atom stereocenters. The molecule has 0 aromatic heterocycles. The molecule has 0 aliphatic carbocycles. The second kappa shape index (κ2) is 9.94. The van der Waals surface area contributed by atoms with Crippen molar-refractivity contribution in [2.75, 3.05) is 40.8 Å². The van der Waals surface area contributed by atoms with Crippen LogP contribution in [0.5, 0.6) is 5.75 Å². The highest BCUT2D eigenvalue weighted by Gasteiger charge is 2.57. The molecule has 186 valence electrons. The molecule has 2 N–H and O–H groups in total. The van der Waals surface area contributed by atoms with Gasteiger partial charge in [0, 0.05) is 13.1 Å². The summed E-state index contributed by atoms with van der Waals surface area (Å²) in [6.45, 7) is 2.36. The summed E-state index contributed by atoms with van der Waals surface area (Å²) in [5, 5.41) is 12.8. The van der Waals surface area contributed by atoms with Crippen molar-refractivity contribution < 1.29 is 24.0 Å². The number of unbranched alkanes of at least 4 members (excludes halogenated alkanes) is 3. The second-order valence-electron chi connectivity index (χ2n) is 11.0. The lowest BCUT2D eigenvalue weighted by Crippen LogP contribution is -2.60. The van der Waals surface area contributed by atoms with Gasteiger partial charge in [-0.1, -0.05) is 18.6 Å². The van der Waals surface area contributed by atoms with Gasteiger partial charge >= 0.3 is 0 Å². The Balaban J connectivity index is 1.43. The van der Waals surface area contributed by atoms with Gasteiger partial charge in [0.2, 0.25) is 17.7 Å². The third-order valence-corrected chi connectivity index (χ3v) is 7.48. The molecule has 1 aromatic rings. The van der Waals surface area contributed by atoms with Crippen LogP contribution >= 0.6 is 0 Å². The fourth-order valence-electron chi connectivity index (χ4n) is 5.75. The zero-order valence-electron chi connectivity index (χ0n) is 20.7. The van der Waals surface area contributed by atoms with Crippen molar-refractivity contribution in [1.29, 1.82) is 0 Å². The number of piperazine rings is 1. The highest BCUT2D eigenvalue weighted by atomic mass is 16.3. The number of rotatable bonds is 9. The van der Waals surface area contributed by atoms with E-state index in [9.17, 15) is 19.5 Å². The number of aromatic hydroxyl groups is 1. The maximum absolute atomic E-state index is 13.4. The fourth-order valence-corrected chi connectivity index (χ4v) is 5.75. The van der Waals surface area contributed by atoms with Gasteiger partial charge in [0.15, 0.2) is 0 Å². The van der Waals surface area contributed by atoms with E-state index in [-0.39, 0.29) is 23.5 Å². The van der Waals surface area contributed by atoms with Crippen molar-refractivity contribution >= 4 is 17.7 Å². The summed E-state index contributed by atoms with van der Waals surface area (Å²) >= 11 is 0. The molecule has 0 spiro atoms. The number of nitrogens with one attached hydrogen (secondary N) is 1. The van der Waals surface area contributed by atoms with Gasteiger partial charge in [-0.25, -0.2) is 0 Å². The predicted molar refractivity (Wildman–Crippen MR) is 129 cm³/mol. The van der Waals surface area contributed by atoms with Gasteiger partial charge in [-0.2, -0.15) is 0 Å². The molecule has 3 aliphatic rings. The molecule has 4 rings (SSSR count). The van der Waals surface area contributed by atoms with Crippen LogP contribution in [0.1, 0.15) is 56.6 Å². The first-order chi connectivity index (χ1) is 16.2. The average molecular weight is 472 g/mol. The summed E-state index contributed by atoms with van der Waals surface area (Å²) in [7, 11) is 6.58. The quantitative estimate of drug-likeness (QED) is 0.426. The van der Waals surface area contributed by atoms with Crippen LogP contribution in [0.2, 0.25) is 0 Å². The smallest absolute Gasteiger partial charge is 0.246 e. The predicted octanol–water partition coefficient (Wildman–Crippen LogP) is 2.04. The Bertz CT molecular complexity index is 910. The number of hydrogen-bond donors (Lipinski definition) is 2.